The van der Waals surface area contributed by atoms with E-state index in [2.05, 4.69) is 15.6 Å². The van der Waals surface area contributed by atoms with Crippen LogP contribution < -0.4 is 15.4 Å². The largest absolute Gasteiger partial charge is 0.489 e. The van der Waals surface area contributed by atoms with E-state index < -0.39 is 0 Å². The number of rotatable bonds is 10. The number of halogens is 1. The number of carbonyl (C=O) groups is 1. The van der Waals surface area contributed by atoms with Crippen molar-refractivity contribution in [3.63, 3.8) is 0 Å². The highest BCUT2D eigenvalue weighted by Crippen LogP contribution is 2.24. The number of hydrogen-bond donors (Lipinski definition) is 2. The highest BCUT2D eigenvalue weighted by Gasteiger charge is 2.22. The van der Waals surface area contributed by atoms with Gasteiger partial charge in [0.15, 0.2) is 0 Å². The van der Waals surface area contributed by atoms with Crippen molar-refractivity contribution in [3.05, 3.63) is 58.9 Å². The fourth-order valence-corrected chi connectivity index (χ4v) is 2.79. The van der Waals surface area contributed by atoms with Gasteiger partial charge in [0.2, 0.25) is 5.91 Å². The van der Waals surface area contributed by atoms with Crippen LogP contribution in [0.3, 0.4) is 0 Å². The van der Waals surface area contributed by atoms with E-state index in [4.69, 9.17) is 16.3 Å². The number of pyridine rings is 1. The van der Waals surface area contributed by atoms with Crippen LogP contribution in [-0.4, -0.2) is 23.5 Å². The third kappa shape index (κ3) is 6.32. The summed E-state index contributed by atoms with van der Waals surface area (Å²) < 4.78 is 5.92. The molecule has 0 saturated heterocycles. The standard InChI is InChI=1S/C20H24ClN3O2/c21-17-5-8-19(26-14-15-3-1-9-22-12-15)16(11-17)13-23-10-2-4-20(25)24-18-6-7-18/h1,3,5,8-9,11-12,18,23H,2,4,6-7,10,13-14H2,(H,24,25). The molecule has 3 rings (SSSR count). The summed E-state index contributed by atoms with van der Waals surface area (Å²) in [7, 11) is 0. The molecule has 2 N–H and O–H groups in total. The molecular weight excluding hydrogens is 350 g/mol. The molecule has 1 aliphatic rings. The van der Waals surface area contributed by atoms with Gasteiger partial charge < -0.3 is 15.4 Å². The average Bonchev–Trinajstić information content (AvgIpc) is 3.45. The molecule has 0 aliphatic heterocycles. The molecule has 0 bridgehead atoms. The van der Waals surface area contributed by atoms with Crippen molar-refractivity contribution in [2.75, 3.05) is 6.54 Å². The van der Waals surface area contributed by atoms with Crippen LogP contribution >= 0.6 is 11.6 Å². The molecule has 1 saturated carbocycles. The van der Waals surface area contributed by atoms with Gasteiger partial charge in [0.1, 0.15) is 12.4 Å². The maximum absolute atomic E-state index is 11.7. The van der Waals surface area contributed by atoms with Crippen molar-refractivity contribution in [2.24, 2.45) is 0 Å². The van der Waals surface area contributed by atoms with Crippen LogP contribution in [0.15, 0.2) is 42.7 Å². The Morgan fingerprint density at radius 2 is 2.19 bits per heavy atom. The summed E-state index contributed by atoms with van der Waals surface area (Å²) in [5.41, 5.74) is 2.02. The maximum Gasteiger partial charge on any atom is 0.220 e. The molecule has 1 aliphatic carbocycles. The molecule has 1 aromatic heterocycles. The number of nitrogens with zero attached hydrogens (tertiary/aromatic N) is 1. The molecule has 0 radical (unpaired) electrons. The van der Waals surface area contributed by atoms with Gasteiger partial charge in [0.25, 0.3) is 0 Å². The average molecular weight is 374 g/mol. The van der Waals surface area contributed by atoms with Crippen LogP contribution in [0.25, 0.3) is 0 Å². The van der Waals surface area contributed by atoms with Gasteiger partial charge in [-0.3, -0.25) is 9.78 Å². The zero-order valence-electron chi connectivity index (χ0n) is 14.7. The normalized spacial score (nSPS) is 13.4. The molecule has 2 aromatic rings. The molecule has 1 fully saturated rings. The highest BCUT2D eigenvalue weighted by molar-refractivity contribution is 6.30. The lowest BCUT2D eigenvalue weighted by Gasteiger charge is -2.13. The maximum atomic E-state index is 11.7. The Hall–Kier alpha value is -2.11. The summed E-state index contributed by atoms with van der Waals surface area (Å²) >= 11 is 6.12. The number of ether oxygens (including phenoxy) is 1. The summed E-state index contributed by atoms with van der Waals surface area (Å²) in [4.78, 5) is 15.8. The second-order valence-corrected chi connectivity index (χ2v) is 6.96. The molecule has 26 heavy (non-hydrogen) atoms. The Labute approximate surface area is 159 Å². The summed E-state index contributed by atoms with van der Waals surface area (Å²) in [6.07, 6.45) is 7.15. The van der Waals surface area contributed by atoms with Crippen LogP contribution in [0.2, 0.25) is 5.02 Å². The fraction of sp³-hybridized carbons (Fsp3) is 0.400. The zero-order chi connectivity index (χ0) is 18.2. The number of aromatic nitrogens is 1. The van der Waals surface area contributed by atoms with Gasteiger partial charge in [-0.15, -0.1) is 0 Å². The fourth-order valence-electron chi connectivity index (χ4n) is 2.60. The van der Waals surface area contributed by atoms with Gasteiger partial charge in [-0.1, -0.05) is 17.7 Å². The highest BCUT2D eigenvalue weighted by atomic mass is 35.5. The zero-order valence-corrected chi connectivity index (χ0v) is 15.5. The third-order valence-corrected chi connectivity index (χ3v) is 4.39. The van der Waals surface area contributed by atoms with Crippen molar-refractivity contribution in [1.82, 2.24) is 15.6 Å². The lowest BCUT2D eigenvalue weighted by molar-refractivity contribution is -0.121. The number of benzene rings is 1. The van der Waals surface area contributed by atoms with Crippen molar-refractivity contribution >= 4 is 17.5 Å². The van der Waals surface area contributed by atoms with Gasteiger partial charge in [0, 0.05) is 47.6 Å². The molecule has 1 aromatic carbocycles. The molecule has 0 unspecified atom stereocenters. The first kappa shape index (κ1) is 18.7. The first-order chi connectivity index (χ1) is 12.7. The van der Waals surface area contributed by atoms with Gasteiger partial charge in [0.05, 0.1) is 0 Å². The minimum atomic E-state index is 0.151. The van der Waals surface area contributed by atoms with Crippen molar-refractivity contribution in [1.29, 1.82) is 0 Å². The Kier molecular flexibility index (Phi) is 6.86. The Morgan fingerprint density at radius 1 is 1.31 bits per heavy atom. The second kappa shape index (κ2) is 9.55. The van der Waals surface area contributed by atoms with Gasteiger partial charge in [-0.25, -0.2) is 0 Å². The molecule has 6 heteroatoms. The molecule has 1 heterocycles. The number of amides is 1. The Bertz CT molecular complexity index is 720. The predicted molar refractivity (Wildman–Crippen MR) is 102 cm³/mol. The topological polar surface area (TPSA) is 63.2 Å². The van der Waals surface area contributed by atoms with E-state index in [-0.39, 0.29) is 5.91 Å². The SMILES string of the molecule is O=C(CCCNCc1cc(Cl)ccc1OCc1cccnc1)NC1CC1. The van der Waals surface area contributed by atoms with E-state index in [0.29, 0.717) is 30.6 Å². The van der Waals surface area contributed by atoms with Crippen LogP contribution in [0, 0.1) is 0 Å². The minimum Gasteiger partial charge on any atom is -0.489 e. The van der Waals surface area contributed by atoms with Crippen LogP contribution in [0.1, 0.15) is 36.8 Å². The molecular formula is C20H24ClN3O2. The van der Waals surface area contributed by atoms with E-state index in [1.165, 1.54) is 0 Å². The Morgan fingerprint density at radius 3 is 2.96 bits per heavy atom. The van der Waals surface area contributed by atoms with Gasteiger partial charge in [-0.05, 0) is 50.1 Å². The lowest BCUT2D eigenvalue weighted by atomic mass is 10.2. The first-order valence-electron chi connectivity index (χ1n) is 9.01. The number of carbonyl (C=O) groups excluding carboxylic acids is 1. The summed E-state index contributed by atoms with van der Waals surface area (Å²) in [5, 5.41) is 7.04. The van der Waals surface area contributed by atoms with E-state index >= 15 is 0 Å². The quantitative estimate of drug-likeness (QED) is 0.626. The summed E-state index contributed by atoms with van der Waals surface area (Å²) in [6.45, 7) is 1.88. The molecule has 1 amide bonds. The van der Waals surface area contributed by atoms with Crippen LogP contribution in [-0.2, 0) is 17.9 Å². The van der Waals surface area contributed by atoms with E-state index in [1.807, 2.05) is 30.3 Å². The van der Waals surface area contributed by atoms with Crippen LogP contribution in [0.4, 0.5) is 0 Å². The predicted octanol–water partition coefficient (Wildman–Crippen LogP) is 3.46. The van der Waals surface area contributed by atoms with Gasteiger partial charge in [-0.2, -0.15) is 0 Å². The Balaban J connectivity index is 1.43. The third-order valence-electron chi connectivity index (χ3n) is 4.15. The van der Waals surface area contributed by atoms with E-state index in [9.17, 15) is 4.79 Å². The van der Waals surface area contributed by atoms with Gasteiger partial charge >= 0.3 is 0 Å². The molecule has 138 valence electrons. The van der Waals surface area contributed by atoms with E-state index in [0.717, 1.165) is 42.7 Å². The molecule has 5 nitrogen and oxygen atoms in total. The molecule has 0 atom stereocenters. The lowest BCUT2D eigenvalue weighted by Crippen LogP contribution is -2.26. The second-order valence-electron chi connectivity index (χ2n) is 6.52. The summed E-state index contributed by atoms with van der Waals surface area (Å²) in [5.74, 6) is 0.953. The number of hydrogen-bond acceptors (Lipinski definition) is 4. The smallest absolute Gasteiger partial charge is 0.220 e. The first-order valence-corrected chi connectivity index (χ1v) is 9.39. The van der Waals surface area contributed by atoms with Crippen molar-refractivity contribution in [3.8, 4) is 5.75 Å². The number of nitrogens with one attached hydrogen (secondary N) is 2. The monoisotopic (exact) mass is 373 g/mol. The van der Waals surface area contributed by atoms with Crippen molar-refractivity contribution in [2.45, 2.75) is 44.9 Å². The summed E-state index contributed by atoms with van der Waals surface area (Å²) in [6, 6.07) is 9.93. The minimum absolute atomic E-state index is 0.151. The van der Waals surface area contributed by atoms with E-state index in [1.54, 1.807) is 12.4 Å². The van der Waals surface area contributed by atoms with Crippen molar-refractivity contribution < 1.29 is 9.53 Å². The molecule has 0 spiro atoms. The van der Waals surface area contributed by atoms with Crippen LogP contribution in [0.5, 0.6) is 5.75 Å².